The zero-order valence-electron chi connectivity index (χ0n) is 21.9. The van der Waals surface area contributed by atoms with E-state index in [1.165, 1.54) is 87.6 Å². The van der Waals surface area contributed by atoms with Gasteiger partial charge < -0.3 is 0 Å². The monoisotopic (exact) mass is 504 g/mol. The fourth-order valence-corrected chi connectivity index (χ4v) is 7.05. The minimum atomic E-state index is 1.25. The Bertz CT molecular complexity index is 2310. The molecule has 0 spiro atoms. The first-order valence-electron chi connectivity index (χ1n) is 13.9. The van der Waals surface area contributed by atoms with Gasteiger partial charge in [-0.05, 0) is 99.7 Å². The summed E-state index contributed by atoms with van der Waals surface area (Å²) in [6.45, 7) is 0. The van der Waals surface area contributed by atoms with Gasteiger partial charge in [-0.3, -0.25) is 0 Å². The van der Waals surface area contributed by atoms with Gasteiger partial charge in [-0.1, -0.05) is 133 Å². The summed E-state index contributed by atoms with van der Waals surface area (Å²) >= 11 is 0. The quantitative estimate of drug-likeness (QED) is 0.162. The van der Waals surface area contributed by atoms with E-state index in [2.05, 4.69) is 146 Å². The number of fused-ring (bicyclic) bond motifs is 7. The van der Waals surface area contributed by atoms with Crippen LogP contribution < -0.4 is 0 Å². The summed E-state index contributed by atoms with van der Waals surface area (Å²) in [5.74, 6) is 0. The van der Waals surface area contributed by atoms with E-state index in [4.69, 9.17) is 0 Å². The molecule has 0 heterocycles. The molecule has 0 N–H and O–H groups in total. The Morgan fingerprint density at radius 1 is 0.275 bits per heavy atom. The van der Waals surface area contributed by atoms with Gasteiger partial charge in [0, 0.05) is 0 Å². The Morgan fingerprint density at radius 3 is 1.82 bits per heavy atom. The SMILES string of the molecule is c1cc(-c2cccc3c2-c2cccc4cccc-3c24)cc(-c2c3ccccc3cc3c2ccc2ccccc23)c1. The van der Waals surface area contributed by atoms with Gasteiger partial charge in [-0.15, -0.1) is 0 Å². The second-order valence-electron chi connectivity index (χ2n) is 10.9. The minimum Gasteiger partial charge on any atom is -0.0616 e. The summed E-state index contributed by atoms with van der Waals surface area (Å²) in [6.07, 6.45) is 0. The van der Waals surface area contributed by atoms with E-state index in [0.29, 0.717) is 0 Å². The van der Waals surface area contributed by atoms with Crippen LogP contribution in [0.5, 0.6) is 0 Å². The van der Waals surface area contributed by atoms with Crippen molar-refractivity contribution in [2.45, 2.75) is 0 Å². The molecule has 0 radical (unpaired) electrons. The topological polar surface area (TPSA) is 0 Å². The lowest BCUT2D eigenvalue weighted by Gasteiger charge is -2.16. The van der Waals surface area contributed by atoms with E-state index in [1.54, 1.807) is 0 Å². The fraction of sp³-hybridized carbons (Fsp3) is 0. The molecule has 1 aliphatic rings. The summed E-state index contributed by atoms with van der Waals surface area (Å²) in [7, 11) is 0. The first-order valence-corrected chi connectivity index (χ1v) is 13.9. The smallest absolute Gasteiger partial charge is 0.00201 e. The maximum atomic E-state index is 2.40. The van der Waals surface area contributed by atoms with Crippen molar-refractivity contribution in [2.75, 3.05) is 0 Å². The Hall–Kier alpha value is -5.20. The molecule has 9 rings (SSSR count). The molecule has 0 amide bonds. The van der Waals surface area contributed by atoms with E-state index in [1.807, 2.05) is 0 Å². The molecular formula is C40H24. The van der Waals surface area contributed by atoms with Crippen LogP contribution in [0.15, 0.2) is 146 Å². The highest BCUT2D eigenvalue weighted by Crippen LogP contribution is 2.51. The number of hydrogen-bond donors (Lipinski definition) is 0. The minimum absolute atomic E-state index is 1.25. The van der Waals surface area contributed by atoms with Crippen LogP contribution in [-0.2, 0) is 0 Å². The van der Waals surface area contributed by atoms with Gasteiger partial charge in [-0.2, -0.15) is 0 Å². The van der Waals surface area contributed by atoms with Crippen molar-refractivity contribution in [1.82, 2.24) is 0 Å². The zero-order valence-corrected chi connectivity index (χ0v) is 21.9. The first-order chi connectivity index (χ1) is 19.8. The van der Waals surface area contributed by atoms with Crippen LogP contribution in [0.4, 0.5) is 0 Å². The number of rotatable bonds is 2. The predicted molar refractivity (Wildman–Crippen MR) is 172 cm³/mol. The van der Waals surface area contributed by atoms with Gasteiger partial charge in [-0.25, -0.2) is 0 Å². The number of benzene rings is 8. The maximum Gasteiger partial charge on any atom is -0.00201 e. The van der Waals surface area contributed by atoms with Crippen LogP contribution >= 0.6 is 0 Å². The molecule has 40 heavy (non-hydrogen) atoms. The van der Waals surface area contributed by atoms with Crippen LogP contribution in [0.25, 0.3) is 87.6 Å². The van der Waals surface area contributed by atoms with E-state index >= 15 is 0 Å². The lowest BCUT2D eigenvalue weighted by atomic mass is 9.87. The molecule has 0 bridgehead atoms. The van der Waals surface area contributed by atoms with Crippen LogP contribution in [-0.4, -0.2) is 0 Å². The summed E-state index contributed by atoms with van der Waals surface area (Å²) in [5.41, 5.74) is 10.5. The molecule has 0 fully saturated rings. The van der Waals surface area contributed by atoms with Gasteiger partial charge in [0.25, 0.3) is 0 Å². The molecule has 0 unspecified atom stereocenters. The normalized spacial score (nSPS) is 12.0. The van der Waals surface area contributed by atoms with Crippen molar-refractivity contribution in [3.8, 4) is 44.5 Å². The average Bonchev–Trinajstić information content (AvgIpc) is 3.35. The van der Waals surface area contributed by atoms with Gasteiger partial charge in [0.05, 0.1) is 0 Å². The van der Waals surface area contributed by atoms with Crippen molar-refractivity contribution in [2.24, 2.45) is 0 Å². The Morgan fingerprint density at radius 2 is 0.925 bits per heavy atom. The van der Waals surface area contributed by atoms with Crippen molar-refractivity contribution in [1.29, 1.82) is 0 Å². The lowest BCUT2D eigenvalue weighted by Crippen LogP contribution is -1.89. The van der Waals surface area contributed by atoms with Gasteiger partial charge in [0.15, 0.2) is 0 Å². The third-order valence-electron chi connectivity index (χ3n) is 8.76. The second-order valence-corrected chi connectivity index (χ2v) is 10.9. The van der Waals surface area contributed by atoms with Crippen molar-refractivity contribution < 1.29 is 0 Å². The Labute approximate surface area is 232 Å². The molecule has 184 valence electrons. The molecule has 0 atom stereocenters. The van der Waals surface area contributed by atoms with E-state index < -0.39 is 0 Å². The van der Waals surface area contributed by atoms with Crippen LogP contribution in [0.1, 0.15) is 0 Å². The predicted octanol–water partition coefficient (Wildman–Crippen LogP) is 11.3. The highest BCUT2D eigenvalue weighted by atomic mass is 14.3. The maximum absolute atomic E-state index is 2.40. The molecule has 0 aliphatic heterocycles. The van der Waals surface area contributed by atoms with Gasteiger partial charge >= 0.3 is 0 Å². The molecule has 1 aliphatic carbocycles. The summed E-state index contributed by atoms with van der Waals surface area (Å²) < 4.78 is 0. The van der Waals surface area contributed by atoms with Crippen molar-refractivity contribution >= 4 is 43.1 Å². The van der Waals surface area contributed by atoms with Crippen LogP contribution in [0.2, 0.25) is 0 Å². The number of hydrogen-bond acceptors (Lipinski definition) is 0. The largest absolute Gasteiger partial charge is 0.0616 e. The van der Waals surface area contributed by atoms with Crippen molar-refractivity contribution in [3.05, 3.63) is 146 Å². The first kappa shape index (κ1) is 21.7. The Kier molecular flexibility index (Phi) is 4.42. The zero-order chi connectivity index (χ0) is 26.2. The third-order valence-corrected chi connectivity index (χ3v) is 8.76. The van der Waals surface area contributed by atoms with E-state index in [0.717, 1.165) is 0 Å². The average molecular weight is 505 g/mol. The van der Waals surface area contributed by atoms with E-state index in [-0.39, 0.29) is 0 Å². The molecule has 8 aromatic carbocycles. The summed E-state index contributed by atoms with van der Waals surface area (Å²) in [4.78, 5) is 0. The standard InChI is InChI=1S/C40H24/c1-3-15-30-25(9-1)21-22-35-37(30)24-28-10-2-4-16-31(28)39(35)29-14-5-13-27(23-29)32-17-8-19-34-33-18-6-11-26-12-7-20-36(38(26)33)40(32)34/h1-24H. The molecule has 0 saturated heterocycles. The molecule has 0 heteroatoms. The van der Waals surface area contributed by atoms with Gasteiger partial charge in [0.2, 0.25) is 0 Å². The molecular weight excluding hydrogens is 480 g/mol. The molecule has 8 aromatic rings. The third kappa shape index (κ3) is 2.96. The molecule has 0 saturated carbocycles. The van der Waals surface area contributed by atoms with Crippen LogP contribution in [0.3, 0.4) is 0 Å². The summed E-state index contributed by atoms with van der Waals surface area (Å²) in [5, 5.41) is 10.4. The second kappa shape index (κ2) is 8.15. The van der Waals surface area contributed by atoms with Gasteiger partial charge in [0.1, 0.15) is 0 Å². The lowest BCUT2D eigenvalue weighted by molar-refractivity contribution is 1.61. The fourth-order valence-electron chi connectivity index (χ4n) is 7.05. The highest BCUT2D eigenvalue weighted by Gasteiger charge is 2.24. The van der Waals surface area contributed by atoms with Crippen LogP contribution in [0, 0.1) is 0 Å². The van der Waals surface area contributed by atoms with E-state index in [9.17, 15) is 0 Å². The summed E-state index contributed by atoms with van der Waals surface area (Å²) in [6, 6.07) is 53.8. The highest BCUT2D eigenvalue weighted by molar-refractivity contribution is 6.21. The van der Waals surface area contributed by atoms with Crippen molar-refractivity contribution in [3.63, 3.8) is 0 Å². The Balaban J connectivity index is 1.33. The molecule has 0 nitrogen and oxygen atoms in total. The molecule has 0 aromatic heterocycles.